The van der Waals surface area contributed by atoms with E-state index in [9.17, 15) is 4.79 Å². The minimum atomic E-state index is -0.0859. The highest BCUT2D eigenvalue weighted by atomic mass is 32.2. The summed E-state index contributed by atoms with van der Waals surface area (Å²) in [4.78, 5) is 13.8. The van der Waals surface area contributed by atoms with Gasteiger partial charge in [0.15, 0.2) is 0 Å². The number of hydrogen-bond acceptors (Lipinski definition) is 6. The van der Waals surface area contributed by atoms with Crippen LogP contribution in [0.2, 0.25) is 0 Å². The van der Waals surface area contributed by atoms with Gasteiger partial charge in [0, 0.05) is 13.7 Å². The van der Waals surface area contributed by atoms with Crippen molar-refractivity contribution in [3.05, 3.63) is 41.7 Å². The van der Waals surface area contributed by atoms with Crippen molar-refractivity contribution in [2.45, 2.75) is 11.9 Å². The molecular formula is C16H20N4O3S. The van der Waals surface area contributed by atoms with E-state index in [1.165, 1.54) is 0 Å². The van der Waals surface area contributed by atoms with Gasteiger partial charge in [-0.05, 0) is 17.7 Å². The van der Waals surface area contributed by atoms with Gasteiger partial charge in [-0.25, -0.2) is 4.68 Å². The Balaban J connectivity index is 1.69. The summed E-state index contributed by atoms with van der Waals surface area (Å²) in [6.07, 6.45) is 1.90. The molecule has 1 aliphatic heterocycles. The minimum Gasteiger partial charge on any atom is -0.497 e. The number of nitrogens with zero attached hydrogens (tertiary/aromatic N) is 4. The molecule has 0 spiro atoms. The van der Waals surface area contributed by atoms with Crippen LogP contribution < -0.4 is 4.74 Å². The molecule has 1 saturated heterocycles. The normalized spacial score (nSPS) is 17.5. The third-order valence-corrected chi connectivity index (χ3v) is 5.04. The molecule has 1 amide bonds. The summed E-state index contributed by atoms with van der Waals surface area (Å²) >= 11 is 1.58. The highest BCUT2D eigenvalue weighted by Gasteiger charge is 2.34. The van der Waals surface area contributed by atoms with Gasteiger partial charge in [0.2, 0.25) is 5.91 Å². The van der Waals surface area contributed by atoms with E-state index in [2.05, 4.69) is 10.3 Å². The number of thioether (sulfide) groups is 1. The maximum absolute atomic E-state index is 12.0. The standard InChI is InChI=1S/C16H20N4O3S/c1-22-8-7-20-15(21)11-24-16(20)14-10-19(18-17-14)9-12-3-5-13(23-2)6-4-12/h3-6,10,16H,7-9,11H2,1-2H3/t16-/m1/s1. The van der Waals surface area contributed by atoms with Gasteiger partial charge in [0.25, 0.3) is 0 Å². The lowest BCUT2D eigenvalue weighted by Gasteiger charge is -2.21. The zero-order chi connectivity index (χ0) is 16.9. The molecule has 1 aliphatic rings. The average Bonchev–Trinajstić information content (AvgIpc) is 3.20. The third kappa shape index (κ3) is 3.70. The Morgan fingerprint density at radius 2 is 2.08 bits per heavy atom. The molecule has 24 heavy (non-hydrogen) atoms. The Labute approximate surface area is 144 Å². The summed E-state index contributed by atoms with van der Waals surface area (Å²) < 4.78 is 12.0. The predicted molar refractivity (Wildman–Crippen MR) is 90.9 cm³/mol. The summed E-state index contributed by atoms with van der Waals surface area (Å²) in [6, 6.07) is 7.84. The van der Waals surface area contributed by atoms with Crippen molar-refractivity contribution in [3.63, 3.8) is 0 Å². The number of ether oxygens (including phenoxy) is 2. The number of carbonyl (C=O) groups is 1. The first-order valence-electron chi connectivity index (χ1n) is 7.64. The Hall–Kier alpha value is -2.06. The monoisotopic (exact) mass is 348 g/mol. The predicted octanol–water partition coefficient (Wildman–Crippen LogP) is 1.56. The maximum Gasteiger partial charge on any atom is 0.233 e. The second-order valence-electron chi connectivity index (χ2n) is 5.43. The molecule has 1 fully saturated rings. The van der Waals surface area contributed by atoms with Crippen LogP contribution >= 0.6 is 11.8 Å². The van der Waals surface area contributed by atoms with E-state index in [0.29, 0.717) is 25.4 Å². The fourth-order valence-corrected chi connectivity index (χ4v) is 3.70. The first-order chi connectivity index (χ1) is 11.7. The molecule has 0 unspecified atom stereocenters. The molecular weight excluding hydrogens is 328 g/mol. The van der Waals surface area contributed by atoms with Crippen LogP contribution in [0.25, 0.3) is 0 Å². The molecule has 128 valence electrons. The van der Waals surface area contributed by atoms with Crippen LogP contribution in [-0.2, 0) is 16.1 Å². The zero-order valence-corrected chi connectivity index (χ0v) is 14.5. The quantitative estimate of drug-likeness (QED) is 0.756. The van der Waals surface area contributed by atoms with E-state index < -0.39 is 0 Å². The number of carbonyl (C=O) groups excluding carboxylic acids is 1. The molecule has 3 rings (SSSR count). The number of amides is 1. The number of aromatic nitrogens is 3. The van der Waals surface area contributed by atoms with Gasteiger partial charge in [-0.3, -0.25) is 4.79 Å². The van der Waals surface area contributed by atoms with Gasteiger partial charge in [0.1, 0.15) is 16.8 Å². The van der Waals surface area contributed by atoms with Crippen molar-refractivity contribution < 1.29 is 14.3 Å². The van der Waals surface area contributed by atoms with Crippen molar-refractivity contribution >= 4 is 17.7 Å². The van der Waals surface area contributed by atoms with Gasteiger partial charge >= 0.3 is 0 Å². The topological polar surface area (TPSA) is 69.5 Å². The molecule has 2 heterocycles. The summed E-state index contributed by atoms with van der Waals surface area (Å²) in [5, 5.41) is 8.36. The summed E-state index contributed by atoms with van der Waals surface area (Å²) in [7, 11) is 3.28. The number of benzene rings is 1. The van der Waals surface area contributed by atoms with Crippen LogP contribution in [0.1, 0.15) is 16.6 Å². The molecule has 0 saturated carbocycles. The van der Waals surface area contributed by atoms with Gasteiger partial charge in [-0.2, -0.15) is 0 Å². The van der Waals surface area contributed by atoms with Gasteiger partial charge in [-0.15, -0.1) is 16.9 Å². The van der Waals surface area contributed by atoms with Crippen LogP contribution in [-0.4, -0.2) is 58.9 Å². The van der Waals surface area contributed by atoms with Crippen LogP contribution in [0.3, 0.4) is 0 Å². The van der Waals surface area contributed by atoms with Crippen LogP contribution in [0, 0.1) is 0 Å². The smallest absolute Gasteiger partial charge is 0.233 e. The Morgan fingerprint density at radius 1 is 1.29 bits per heavy atom. The average molecular weight is 348 g/mol. The van der Waals surface area contributed by atoms with E-state index in [4.69, 9.17) is 9.47 Å². The van der Waals surface area contributed by atoms with Crippen LogP contribution in [0.5, 0.6) is 5.75 Å². The molecule has 1 aromatic carbocycles. The minimum absolute atomic E-state index is 0.0859. The third-order valence-electron chi connectivity index (χ3n) is 3.82. The van der Waals surface area contributed by atoms with E-state index in [-0.39, 0.29) is 11.3 Å². The van der Waals surface area contributed by atoms with Crippen molar-refractivity contribution in [1.29, 1.82) is 0 Å². The largest absolute Gasteiger partial charge is 0.497 e. The van der Waals surface area contributed by atoms with Crippen molar-refractivity contribution in [2.24, 2.45) is 0 Å². The molecule has 0 radical (unpaired) electrons. The highest BCUT2D eigenvalue weighted by Crippen LogP contribution is 2.37. The Bertz CT molecular complexity index is 689. The number of hydrogen-bond donors (Lipinski definition) is 0. The van der Waals surface area contributed by atoms with Gasteiger partial charge < -0.3 is 14.4 Å². The van der Waals surface area contributed by atoms with E-state index >= 15 is 0 Å². The fourth-order valence-electron chi connectivity index (χ4n) is 2.55. The summed E-state index contributed by atoms with van der Waals surface area (Å²) in [5.41, 5.74) is 1.91. The van der Waals surface area contributed by atoms with Crippen LogP contribution in [0.4, 0.5) is 0 Å². The molecule has 0 aliphatic carbocycles. The van der Waals surface area contributed by atoms with Gasteiger partial charge in [-0.1, -0.05) is 17.3 Å². The van der Waals surface area contributed by atoms with Crippen molar-refractivity contribution in [2.75, 3.05) is 33.1 Å². The molecule has 0 bridgehead atoms. The molecule has 0 N–H and O–H groups in total. The summed E-state index contributed by atoms with van der Waals surface area (Å²) in [6.45, 7) is 1.71. The van der Waals surface area contributed by atoms with E-state index in [0.717, 1.165) is 17.0 Å². The Morgan fingerprint density at radius 3 is 2.79 bits per heavy atom. The molecule has 8 heteroatoms. The maximum atomic E-state index is 12.0. The lowest BCUT2D eigenvalue weighted by atomic mass is 10.2. The first-order valence-corrected chi connectivity index (χ1v) is 8.69. The zero-order valence-electron chi connectivity index (χ0n) is 13.7. The SMILES string of the molecule is COCCN1C(=O)CS[C@@H]1c1cn(Cc2ccc(OC)cc2)nn1. The van der Waals surface area contributed by atoms with Gasteiger partial charge in [0.05, 0.1) is 32.2 Å². The molecule has 7 nitrogen and oxygen atoms in total. The molecule has 1 atom stereocenters. The number of rotatable bonds is 7. The first kappa shape index (κ1) is 16.8. The fraction of sp³-hybridized carbons (Fsp3) is 0.438. The summed E-state index contributed by atoms with van der Waals surface area (Å²) in [5.74, 6) is 1.42. The van der Waals surface area contributed by atoms with E-state index in [1.54, 1.807) is 35.6 Å². The molecule has 2 aromatic rings. The lowest BCUT2D eigenvalue weighted by molar-refractivity contribution is -0.128. The van der Waals surface area contributed by atoms with Crippen molar-refractivity contribution in [3.8, 4) is 5.75 Å². The Kier molecular flexibility index (Phi) is 5.37. The van der Waals surface area contributed by atoms with Crippen molar-refractivity contribution in [1.82, 2.24) is 19.9 Å². The second-order valence-corrected chi connectivity index (χ2v) is 6.50. The number of methoxy groups -OCH3 is 2. The second kappa shape index (κ2) is 7.67. The van der Waals surface area contributed by atoms with E-state index in [1.807, 2.05) is 30.5 Å². The van der Waals surface area contributed by atoms with Crippen LogP contribution in [0.15, 0.2) is 30.5 Å². The highest BCUT2D eigenvalue weighted by molar-refractivity contribution is 8.00. The lowest BCUT2D eigenvalue weighted by Crippen LogP contribution is -2.31. The molecule has 1 aromatic heterocycles.